The van der Waals surface area contributed by atoms with Gasteiger partial charge in [-0.25, -0.2) is 0 Å². The van der Waals surface area contributed by atoms with Crippen molar-refractivity contribution < 1.29 is 14.3 Å². The van der Waals surface area contributed by atoms with E-state index < -0.39 is 0 Å². The van der Waals surface area contributed by atoms with Crippen molar-refractivity contribution in [2.45, 2.75) is 6.42 Å². The highest BCUT2D eigenvalue weighted by Crippen LogP contribution is 2.17. The zero-order chi connectivity index (χ0) is 19.8. The number of ether oxygens (including phenoxy) is 1. The number of anilines is 2. The predicted octanol–water partition coefficient (Wildman–Crippen LogP) is 4.65. The smallest absolute Gasteiger partial charge is 0.262 e. The van der Waals surface area contributed by atoms with E-state index in [1.54, 1.807) is 36.4 Å². The van der Waals surface area contributed by atoms with Gasteiger partial charge in [-0.15, -0.1) is 0 Å². The quantitative estimate of drug-likeness (QED) is 0.564. The maximum absolute atomic E-state index is 12.2. The van der Waals surface area contributed by atoms with Crippen molar-refractivity contribution in [3.8, 4) is 5.75 Å². The molecule has 0 atom stereocenters. The molecule has 0 aliphatic carbocycles. The largest absolute Gasteiger partial charge is 0.484 e. The molecule has 3 aromatic rings. The molecule has 0 heterocycles. The standard InChI is InChI=1S/C22H19BrN2O3/c23-17-9-11-20(12-10-17)28-15-22(27)25-19-8-4-7-18(14-19)24-21(26)13-16-5-2-1-3-6-16/h1-12,14H,13,15H2,(H,24,26)(H,25,27). The first-order chi connectivity index (χ1) is 13.6. The van der Waals surface area contributed by atoms with Crippen molar-refractivity contribution in [1.29, 1.82) is 0 Å². The zero-order valence-corrected chi connectivity index (χ0v) is 16.6. The molecule has 0 aliphatic heterocycles. The molecule has 0 saturated carbocycles. The van der Waals surface area contributed by atoms with Crippen molar-refractivity contribution in [3.63, 3.8) is 0 Å². The van der Waals surface area contributed by atoms with Gasteiger partial charge in [-0.1, -0.05) is 52.3 Å². The highest BCUT2D eigenvalue weighted by atomic mass is 79.9. The molecule has 2 N–H and O–H groups in total. The summed E-state index contributed by atoms with van der Waals surface area (Å²) in [6.45, 7) is -0.105. The molecule has 2 amide bonds. The summed E-state index contributed by atoms with van der Waals surface area (Å²) in [5.41, 5.74) is 2.14. The van der Waals surface area contributed by atoms with Crippen molar-refractivity contribution in [2.75, 3.05) is 17.2 Å². The molecule has 0 aromatic heterocycles. The van der Waals surface area contributed by atoms with Crippen LogP contribution < -0.4 is 15.4 Å². The molecule has 0 saturated heterocycles. The first kappa shape index (κ1) is 19.6. The lowest BCUT2D eigenvalue weighted by Gasteiger charge is -2.10. The number of benzene rings is 3. The van der Waals surface area contributed by atoms with Crippen LogP contribution in [-0.2, 0) is 16.0 Å². The zero-order valence-electron chi connectivity index (χ0n) is 15.0. The van der Waals surface area contributed by atoms with Gasteiger partial charge in [0, 0.05) is 15.8 Å². The van der Waals surface area contributed by atoms with Gasteiger partial charge in [0.25, 0.3) is 5.91 Å². The normalized spacial score (nSPS) is 10.2. The topological polar surface area (TPSA) is 67.4 Å². The summed E-state index contributed by atoms with van der Waals surface area (Å²) in [7, 11) is 0. The van der Waals surface area contributed by atoms with Gasteiger partial charge in [0.05, 0.1) is 6.42 Å². The summed E-state index contributed by atoms with van der Waals surface area (Å²) in [5.74, 6) is 0.212. The molecule has 0 fully saturated rings. The Kier molecular flexibility index (Phi) is 6.81. The first-order valence-electron chi connectivity index (χ1n) is 8.70. The first-order valence-corrected chi connectivity index (χ1v) is 9.50. The second-order valence-corrected chi connectivity index (χ2v) is 7.00. The van der Waals surface area contributed by atoms with E-state index in [0.717, 1.165) is 10.0 Å². The Morgan fingerprint density at radius 1 is 0.786 bits per heavy atom. The Balaban J connectivity index is 1.51. The number of hydrogen-bond acceptors (Lipinski definition) is 3. The van der Waals surface area contributed by atoms with Crippen molar-refractivity contribution in [2.24, 2.45) is 0 Å². The second kappa shape index (κ2) is 9.71. The van der Waals surface area contributed by atoms with Crippen LogP contribution in [-0.4, -0.2) is 18.4 Å². The molecule has 28 heavy (non-hydrogen) atoms. The number of halogens is 1. The fourth-order valence-corrected chi connectivity index (χ4v) is 2.80. The number of rotatable bonds is 7. The molecular formula is C22H19BrN2O3. The Morgan fingerprint density at radius 2 is 1.43 bits per heavy atom. The predicted molar refractivity (Wildman–Crippen MR) is 113 cm³/mol. The molecule has 3 rings (SSSR count). The highest BCUT2D eigenvalue weighted by molar-refractivity contribution is 9.10. The lowest BCUT2D eigenvalue weighted by molar-refractivity contribution is -0.118. The maximum Gasteiger partial charge on any atom is 0.262 e. The van der Waals surface area contributed by atoms with E-state index in [-0.39, 0.29) is 18.4 Å². The van der Waals surface area contributed by atoms with Crippen LogP contribution in [0.25, 0.3) is 0 Å². The van der Waals surface area contributed by atoms with Gasteiger partial charge in [-0.2, -0.15) is 0 Å². The Bertz CT molecular complexity index is 944. The van der Waals surface area contributed by atoms with E-state index >= 15 is 0 Å². The minimum Gasteiger partial charge on any atom is -0.484 e. The summed E-state index contributed by atoms with van der Waals surface area (Å²) in [6.07, 6.45) is 0.290. The molecule has 0 bridgehead atoms. The van der Waals surface area contributed by atoms with Crippen molar-refractivity contribution >= 4 is 39.1 Å². The average molecular weight is 439 g/mol. The van der Waals surface area contributed by atoms with Crippen LogP contribution in [0.4, 0.5) is 11.4 Å². The van der Waals surface area contributed by atoms with E-state index in [4.69, 9.17) is 4.74 Å². The molecule has 6 heteroatoms. The van der Waals surface area contributed by atoms with E-state index in [9.17, 15) is 9.59 Å². The summed E-state index contributed by atoms with van der Waals surface area (Å²) < 4.78 is 6.39. The molecule has 5 nitrogen and oxygen atoms in total. The van der Waals surface area contributed by atoms with Gasteiger partial charge in [-0.3, -0.25) is 9.59 Å². The van der Waals surface area contributed by atoms with Gasteiger partial charge in [0.2, 0.25) is 5.91 Å². The number of nitrogens with one attached hydrogen (secondary N) is 2. The fraction of sp³-hybridized carbons (Fsp3) is 0.0909. The maximum atomic E-state index is 12.2. The number of carbonyl (C=O) groups excluding carboxylic acids is 2. The van der Waals surface area contributed by atoms with Gasteiger partial charge in [-0.05, 0) is 48.0 Å². The average Bonchev–Trinajstić information content (AvgIpc) is 2.68. The van der Waals surface area contributed by atoms with Crippen LogP contribution in [0.1, 0.15) is 5.56 Å². The van der Waals surface area contributed by atoms with Crippen LogP contribution in [0.15, 0.2) is 83.3 Å². The SMILES string of the molecule is O=C(COc1ccc(Br)cc1)Nc1cccc(NC(=O)Cc2ccccc2)c1. The Hall–Kier alpha value is -3.12. The van der Waals surface area contributed by atoms with E-state index in [0.29, 0.717) is 23.5 Å². The highest BCUT2D eigenvalue weighted by Gasteiger charge is 2.07. The molecular weight excluding hydrogens is 420 g/mol. The number of amides is 2. The molecule has 0 unspecified atom stereocenters. The third-order valence-corrected chi connectivity index (χ3v) is 4.35. The van der Waals surface area contributed by atoms with Crippen LogP contribution in [0.5, 0.6) is 5.75 Å². The van der Waals surface area contributed by atoms with E-state index in [1.807, 2.05) is 42.5 Å². The van der Waals surface area contributed by atoms with Crippen LogP contribution >= 0.6 is 15.9 Å². The summed E-state index contributed by atoms with van der Waals surface area (Å²) in [4.78, 5) is 24.3. The van der Waals surface area contributed by atoms with Gasteiger partial charge < -0.3 is 15.4 Å². The number of carbonyl (C=O) groups is 2. The van der Waals surface area contributed by atoms with Crippen LogP contribution in [0, 0.1) is 0 Å². The third-order valence-electron chi connectivity index (χ3n) is 3.82. The Labute approximate surface area is 171 Å². The summed E-state index contributed by atoms with van der Waals surface area (Å²) in [6, 6.07) is 23.8. The minimum atomic E-state index is -0.282. The van der Waals surface area contributed by atoms with Crippen molar-refractivity contribution in [3.05, 3.63) is 88.9 Å². The summed E-state index contributed by atoms with van der Waals surface area (Å²) in [5, 5.41) is 5.60. The van der Waals surface area contributed by atoms with Crippen LogP contribution in [0.3, 0.4) is 0 Å². The second-order valence-electron chi connectivity index (χ2n) is 6.08. The van der Waals surface area contributed by atoms with E-state index in [1.165, 1.54) is 0 Å². The summed E-state index contributed by atoms with van der Waals surface area (Å²) >= 11 is 3.35. The third kappa shape index (κ3) is 6.25. The fourth-order valence-electron chi connectivity index (χ4n) is 2.54. The monoisotopic (exact) mass is 438 g/mol. The lowest BCUT2D eigenvalue weighted by Crippen LogP contribution is -2.20. The van der Waals surface area contributed by atoms with Crippen LogP contribution in [0.2, 0.25) is 0 Å². The van der Waals surface area contributed by atoms with Gasteiger partial charge >= 0.3 is 0 Å². The lowest BCUT2D eigenvalue weighted by atomic mass is 10.1. The molecule has 0 radical (unpaired) electrons. The minimum absolute atomic E-state index is 0.105. The molecule has 0 aliphatic rings. The molecule has 142 valence electrons. The van der Waals surface area contributed by atoms with Gasteiger partial charge in [0.15, 0.2) is 6.61 Å². The number of hydrogen-bond donors (Lipinski definition) is 2. The molecule has 0 spiro atoms. The van der Waals surface area contributed by atoms with E-state index in [2.05, 4.69) is 26.6 Å². The van der Waals surface area contributed by atoms with Crippen molar-refractivity contribution in [1.82, 2.24) is 0 Å². The van der Waals surface area contributed by atoms with Gasteiger partial charge in [0.1, 0.15) is 5.75 Å². The molecule has 3 aromatic carbocycles. The Morgan fingerprint density at radius 3 is 2.11 bits per heavy atom.